The maximum Gasteiger partial charge on any atom is 0.333 e. The topological polar surface area (TPSA) is 120 Å². The molecule has 0 saturated heterocycles. The van der Waals surface area contributed by atoms with E-state index in [-0.39, 0.29) is 23.6 Å². The molecule has 2 N–H and O–H groups in total. The Morgan fingerprint density at radius 3 is 2.03 bits per heavy atom. The van der Waals surface area contributed by atoms with Crippen molar-refractivity contribution >= 4 is 21.7 Å². The summed E-state index contributed by atoms with van der Waals surface area (Å²) in [5, 5.41) is 9.81. The van der Waals surface area contributed by atoms with E-state index >= 15 is 0 Å². The van der Waals surface area contributed by atoms with Gasteiger partial charge in [0.15, 0.2) is 4.90 Å². The lowest BCUT2D eigenvalue weighted by Gasteiger charge is -2.21. The summed E-state index contributed by atoms with van der Waals surface area (Å²) in [6.45, 7) is 7.38. The molecule has 0 fully saturated rings. The molecule has 0 radical (unpaired) electrons. The molecule has 0 saturated carbocycles. The van der Waals surface area contributed by atoms with Gasteiger partial charge in [-0.15, -0.1) is 10.2 Å². The predicted molar refractivity (Wildman–Crippen MR) is 109 cm³/mol. The Morgan fingerprint density at radius 1 is 1.00 bits per heavy atom. The highest BCUT2D eigenvalue weighted by Gasteiger charge is 2.26. The third-order valence-electron chi connectivity index (χ3n) is 4.27. The van der Waals surface area contributed by atoms with Crippen LogP contribution in [0.4, 0.5) is 14.9 Å². The van der Waals surface area contributed by atoms with Crippen LogP contribution in [0.15, 0.2) is 23.1 Å². The number of nitrogens with one attached hydrogen (secondary N) is 2. The third kappa shape index (κ3) is 5.15. The first-order chi connectivity index (χ1) is 14.0. The van der Waals surface area contributed by atoms with Crippen molar-refractivity contribution in [1.82, 2.24) is 14.9 Å². The average molecular weight is 440 g/mol. The summed E-state index contributed by atoms with van der Waals surface area (Å²) >= 11 is 0. The molecular weight excluding hydrogens is 415 g/mol. The molecule has 0 aliphatic rings. The van der Waals surface area contributed by atoms with Gasteiger partial charge in [0.25, 0.3) is 15.9 Å². The Bertz CT molecular complexity index is 1010. The fourth-order valence-electron chi connectivity index (χ4n) is 2.80. The number of benzene rings is 1. The zero-order valence-electron chi connectivity index (χ0n) is 17.6. The van der Waals surface area contributed by atoms with Gasteiger partial charge in [-0.25, -0.2) is 22.3 Å². The Kier molecular flexibility index (Phi) is 7.19. The fourth-order valence-corrected chi connectivity index (χ4v) is 3.82. The van der Waals surface area contributed by atoms with Gasteiger partial charge in [-0.1, -0.05) is 27.7 Å². The number of sulfonamides is 1. The lowest BCUT2D eigenvalue weighted by Crippen LogP contribution is -2.35. The van der Waals surface area contributed by atoms with E-state index in [0.29, 0.717) is 16.8 Å². The fraction of sp³-hybridized carbons (Fsp3) is 0.421. The molecule has 9 nitrogen and oxygen atoms in total. The SMILES string of the molecule is COc1cc(S(=O)(=O)NC(=O)Nc2c(C(C)C)cc(F)cc2C(C)C)c(OC)nn1. The van der Waals surface area contributed by atoms with Crippen LogP contribution in [0.3, 0.4) is 0 Å². The average Bonchev–Trinajstić information content (AvgIpc) is 2.67. The molecule has 0 spiro atoms. The van der Waals surface area contributed by atoms with Gasteiger partial charge in [0.05, 0.1) is 14.2 Å². The molecule has 2 rings (SSSR count). The molecular formula is C19H25FN4O5S. The minimum Gasteiger partial charge on any atom is -0.480 e. The smallest absolute Gasteiger partial charge is 0.333 e. The molecule has 164 valence electrons. The number of hydrogen-bond donors (Lipinski definition) is 2. The molecule has 11 heteroatoms. The number of rotatable bonds is 7. The summed E-state index contributed by atoms with van der Waals surface area (Å²) in [6, 6.07) is 2.71. The Morgan fingerprint density at radius 2 is 1.57 bits per heavy atom. The van der Waals surface area contributed by atoms with Gasteiger partial charge in [-0.05, 0) is 35.1 Å². The van der Waals surface area contributed by atoms with E-state index in [4.69, 9.17) is 9.47 Å². The summed E-state index contributed by atoms with van der Waals surface area (Å²) < 4.78 is 51.3. The van der Waals surface area contributed by atoms with Crippen LogP contribution in [0.1, 0.15) is 50.7 Å². The van der Waals surface area contributed by atoms with E-state index in [9.17, 15) is 17.6 Å². The zero-order valence-corrected chi connectivity index (χ0v) is 18.4. The van der Waals surface area contributed by atoms with Crippen LogP contribution in [0.2, 0.25) is 0 Å². The summed E-state index contributed by atoms with van der Waals surface area (Å²) in [6.07, 6.45) is 0. The molecule has 0 aliphatic carbocycles. The van der Waals surface area contributed by atoms with Crippen molar-refractivity contribution in [3.8, 4) is 11.8 Å². The van der Waals surface area contributed by atoms with Crippen LogP contribution in [-0.2, 0) is 10.0 Å². The number of urea groups is 1. The first-order valence-electron chi connectivity index (χ1n) is 9.13. The largest absolute Gasteiger partial charge is 0.480 e. The summed E-state index contributed by atoms with van der Waals surface area (Å²) in [5.74, 6) is -1.03. The minimum atomic E-state index is -4.37. The van der Waals surface area contributed by atoms with E-state index in [1.807, 2.05) is 32.4 Å². The van der Waals surface area contributed by atoms with Gasteiger partial charge >= 0.3 is 6.03 Å². The van der Waals surface area contributed by atoms with Crippen LogP contribution < -0.4 is 19.5 Å². The predicted octanol–water partition coefficient (Wildman–Crippen LogP) is 3.39. The van der Waals surface area contributed by atoms with Crippen molar-refractivity contribution in [2.45, 2.75) is 44.4 Å². The molecule has 0 unspecified atom stereocenters. The number of carbonyl (C=O) groups is 1. The second-order valence-corrected chi connectivity index (χ2v) is 8.74. The molecule has 0 atom stereocenters. The Labute approximate surface area is 175 Å². The van der Waals surface area contributed by atoms with Gasteiger partial charge in [-0.2, -0.15) is 0 Å². The number of amides is 2. The number of hydrogen-bond acceptors (Lipinski definition) is 7. The lowest BCUT2D eigenvalue weighted by molar-refractivity contribution is 0.256. The monoisotopic (exact) mass is 440 g/mol. The molecule has 2 amide bonds. The normalized spacial score (nSPS) is 11.5. The van der Waals surface area contributed by atoms with Crippen molar-refractivity contribution in [3.63, 3.8) is 0 Å². The van der Waals surface area contributed by atoms with E-state index < -0.39 is 26.8 Å². The molecule has 0 aliphatic heterocycles. The van der Waals surface area contributed by atoms with Gasteiger partial charge < -0.3 is 14.8 Å². The number of ether oxygens (including phenoxy) is 2. The number of aromatic nitrogens is 2. The van der Waals surface area contributed by atoms with Gasteiger partial charge in [0.1, 0.15) is 5.82 Å². The molecule has 30 heavy (non-hydrogen) atoms. The maximum absolute atomic E-state index is 14.1. The first kappa shape index (κ1) is 23.3. The molecule has 1 heterocycles. The Hall–Kier alpha value is -2.95. The third-order valence-corrected chi connectivity index (χ3v) is 5.60. The lowest BCUT2D eigenvalue weighted by atomic mass is 9.92. The number of carbonyl (C=O) groups excluding carboxylic acids is 1. The molecule has 2 aromatic rings. The van der Waals surface area contributed by atoms with E-state index in [1.54, 1.807) is 0 Å². The summed E-state index contributed by atoms with van der Waals surface area (Å²) in [7, 11) is -1.86. The van der Waals surface area contributed by atoms with Crippen LogP contribution in [0.25, 0.3) is 0 Å². The van der Waals surface area contributed by atoms with E-state index in [2.05, 4.69) is 15.5 Å². The van der Waals surface area contributed by atoms with Gasteiger partial charge in [0, 0.05) is 11.8 Å². The highest BCUT2D eigenvalue weighted by Crippen LogP contribution is 2.33. The quantitative estimate of drug-likeness (QED) is 0.677. The standard InChI is InChI=1S/C19H25FN4O5S/c1-10(2)13-7-12(20)8-14(11(3)4)17(13)21-19(25)24-30(26,27)15-9-16(28-5)22-23-18(15)29-6/h7-11H,1-6H3,(H2,21,24,25). The number of anilines is 1. The number of methoxy groups -OCH3 is 2. The van der Waals surface area contributed by atoms with Crippen molar-refractivity contribution < 1.29 is 27.1 Å². The number of halogens is 1. The molecule has 1 aromatic carbocycles. The highest BCUT2D eigenvalue weighted by molar-refractivity contribution is 7.90. The summed E-state index contributed by atoms with van der Waals surface area (Å²) in [5.41, 5.74) is 1.47. The van der Waals surface area contributed by atoms with Crippen molar-refractivity contribution in [1.29, 1.82) is 0 Å². The highest BCUT2D eigenvalue weighted by atomic mass is 32.2. The van der Waals surface area contributed by atoms with Gasteiger partial charge in [0.2, 0.25) is 5.88 Å². The number of nitrogens with zero attached hydrogens (tertiary/aromatic N) is 2. The van der Waals surface area contributed by atoms with Crippen LogP contribution in [-0.4, -0.2) is 38.9 Å². The minimum absolute atomic E-state index is 0.0701. The van der Waals surface area contributed by atoms with E-state index in [1.165, 1.54) is 26.4 Å². The second-order valence-electron chi connectivity index (χ2n) is 7.09. The molecule has 0 bridgehead atoms. The van der Waals surface area contributed by atoms with E-state index in [0.717, 1.165) is 6.07 Å². The Balaban J connectivity index is 2.41. The van der Waals surface area contributed by atoms with Crippen LogP contribution >= 0.6 is 0 Å². The zero-order chi connectivity index (χ0) is 22.6. The van der Waals surface area contributed by atoms with Crippen molar-refractivity contribution in [2.75, 3.05) is 19.5 Å². The van der Waals surface area contributed by atoms with Gasteiger partial charge in [-0.3, -0.25) is 0 Å². The van der Waals surface area contributed by atoms with Crippen LogP contribution in [0.5, 0.6) is 11.8 Å². The first-order valence-corrected chi connectivity index (χ1v) is 10.6. The second kappa shape index (κ2) is 9.24. The van der Waals surface area contributed by atoms with Crippen LogP contribution in [0, 0.1) is 5.82 Å². The molecule has 1 aromatic heterocycles. The van der Waals surface area contributed by atoms with Crippen molar-refractivity contribution in [3.05, 3.63) is 35.1 Å². The maximum atomic E-state index is 14.1. The van der Waals surface area contributed by atoms with Crippen molar-refractivity contribution in [2.24, 2.45) is 0 Å². The summed E-state index contributed by atoms with van der Waals surface area (Å²) in [4.78, 5) is 12.2.